The molecule has 0 unspecified atom stereocenters. The molecule has 4 aromatic carbocycles. The Hall–Kier alpha value is -4.93. The lowest BCUT2D eigenvalue weighted by Crippen LogP contribution is -2.16. The zero-order chi connectivity index (χ0) is 37.1. The SMILES string of the molecule is Cc1c(-c2cc3ccccc3s2)cc(C(C)(C)C)c(O)c1C(=O)O.Cc1c(C2=Cc3ccccc3S2(=O)=O)cc(C(C)(C)C)c(O)c1C(=O)O. The molecule has 0 amide bonds. The van der Waals surface area contributed by atoms with Gasteiger partial charge in [-0.3, -0.25) is 0 Å². The fourth-order valence-electron chi connectivity index (χ4n) is 6.23. The maximum absolute atomic E-state index is 13.0. The lowest BCUT2D eigenvalue weighted by Gasteiger charge is -2.24. The third kappa shape index (κ3) is 6.41. The predicted molar refractivity (Wildman–Crippen MR) is 199 cm³/mol. The molecule has 50 heavy (non-hydrogen) atoms. The molecular weight excluding hydrogens is 673 g/mol. The van der Waals surface area contributed by atoms with Crippen molar-refractivity contribution in [2.75, 3.05) is 0 Å². The van der Waals surface area contributed by atoms with Gasteiger partial charge in [-0.15, -0.1) is 11.3 Å². The van der Waals surface area contributed by atoms with E-state index in [1.165, 1.54) is 13.0 Å². The number of aromatic hydroxyl groups is 2. The minimum Gasteiger partial charge on any atom is -0.507 e. The number of carboxylic acid groups (broad SMARTS) is 2. The third-order valence-corrected chi connectivity index (χ3v) is 11.9. The summed E-state index contributed by atoms with van der Waals surface area (Å²) in [5.74, 6) is -2.84. The molecule has 2 heterocycles. The van der Waals surface area contributed by atoms with Gasteiger partial charge in [0.05, 0.1) is 9.80 Å². The van der Waals surface area contributed by atoms with Crippen LogP contribution in [0.4, 0.5) is 0 Å². The van der Waals surface area contributed by atoms with Crippen molar-refractivity contribution < 1.29 is 38.4 Å². The molecule has 0 saturated heterocycles. The highest BCUT2D eigenvalue weighted by atomic mass is 32.2. The van der Waals surface area contributed by atoms with Crippen LogP contribution in [0.15, 0.2) is 71.6 Å². The molecule has 0 aliphatic carbocycles. The summed E-state index contributed by atoms with van der Waals surface area (Å²) in [6.07, 6.45) is 1.56. The Morgan fingerprint density at radius 3 is 1.66 bits per heavy atom. The van der Waals surface area contributed by atoms with Gasteiger partial charge in [-0.2, -0.15) is 0 Å². The highest BCUT2D eigenvalue weighted by molar-refractivity contribution is 8.01. The molecule has 0 saturated carbocycles. The van der Waals surface area contributed by atoms with E-state index in [1.807, 2.05) is 65.8 Å². The van der Waals surface area contributed by atoms with Crippen LogP contribution in [-0.4, -0.2) is 40.8 Å². The number of thiophene rings is 1. The van der Waals surface area contributed by atoms with Gasteiger partial charge in [-0.05, 0) is 94.3 Å². The Kier molecular flexibility index (Phi) is 9.27. The van der Waals surface area contributed by atoms with Crippen LogP contribution in [0.25, 0.3) is 31.5 Å². The largest absolute Gasteiger partial charge is 0.507 e. The zero-order valence-electron chi connectivity index (χ0n) is 29.2. The van der Waals surface area contributed by atoms with Crippen molar-refractivity contribution in [3.05, 3.63) is 111 Å². The first-order valence-electron chi connectivity index (χ1n) is 15.9. The molecule has 1 aliphatic rings. The summed E-state index contributed by atoms with van der Waals surface area (Å²) in [7, 11) is -3.75. The molecule has 5 aromatic rings. The number of sulfone groups is 1. The second-order valence-corrected chi connectivity index (χ2v) is 17.4. The minimum absolute atomic E-state index is 0.00474. The standard InChI is InChI=1S/C20H20O5S.C20H20O3S/c1-11-13(10-14(20(2,3)4)18(21)17(11)19(22)23)16-9-12-7-5-6-8-15(12)26(16,24)25;1-11-13(16-9-12-7-5-6-8-15(12)24-16)10-14(20(2,3)4)18(21)17(11)19(22)23/h5-10,21H,1-4H3,(H,22,23);5-10,21H,1-4H3,(H,22,23). The van der Waals surface area contributed by atoms with Gasteiger partial charge in [0, 0.05) is 20.7 Å². The molecule has 6 rings (SSSR count). The number of carbonyl (C=O) groups is 2. The van der Waals surface area contributed by atoms with Crippen molar-refractivity contribution in [2.24, 2.45) is 0 Å². The highest BCUT2D eigenvalue weighted by Gasteiger charge is 2.35. The van der Waals surface area contributed by atoms with Crippen molar-refractivity contribution >= 4 is 54.2 Å². The van der Waals surface area contributed by atoms with Crippen LogP contribution < -0.4 is 0 Å². The van der Waals surface area contributed by atoms with E-state index in [0.29, 0.717) is 27.8 Å². The second-order valence-electron chi connectivity index (χ2n) is 14.4. The van der Waals surface area contributed by atoms with E-state index >= 15 is 0 Å². The van der Waals surface area contributed by atoms with Crippen LogP contribution in [0.2, 0.25) is 0 Å². The topological polar surface area (TPSA) is 149 Å². The molecule has 260 valence electrons. The average molecular weight is 713 g/mol. The normalized spacial score (nSPS) is 13.7. The average Bonchev–Trinajstić information content (AvgIpc) is 3.54. The van der Waals surface area contributed by atoms with Gasteiger partial charge in [0.2, 0.25) is 9.84 Å². The molecule has 1 aromatic heterocycles. The highest BCUT2D eigenvalue weighted by Crippen LogP contribution is 2.45. The maximum atomic E-state index is 13.0. The third-order valence-electron chi connectivity index (χ3n) is 8.90. The van der Waals surface area contributed by atoms with Crippen molar-refractivity contribution in [2.45, 2.75) is 71.1 Å². The molecule has 0 atom stereocenters. The van der Waals surface area contributed by atoms with Gasteiger partial charge in [-0.25, -0.2) is 18.0 Å². The summed E-state index contributed by atoms with van der Waals surface area (Å²) in [5.41, 5.74) is 2.43. The fraction of sp³-hybridized carbons (Fsp3) is 0.250. The summed E-state index contributed by atoms with van der Waals surface area (Å²) < 4.78 is 27.1. The zero-order valence-corrected chi connectivity index (χ0v) is 30.8. The van der Waals surface area contributed by atoms with Gasteiger partial charge < -0.3 is 20.4 Å². The molecule has 0 radical (unpaired) electrons. The van der Waals surface area contributed by atoms with Crippen LogP contribution in [0.3, 0.4) is 0 Å². The lowest BCUT2D eigenvalue weighted by molar-refractivity contribution is 0.0681. The molecule has 0 fully saturated rings. The van der Waals surface area contributed by atoms with E-state index in [-0.39, 0.29) is 43.4 Å². The maximum Gasteiger partial charge on any atom is 0.339 e. The Morgan fingerprint density at radius 2 is 1.16 bits per heavy atom. The van der Waals surface area contributed by atoms with Crippen molar-refractivity contribution in [3.63, 3.8) is 0 Å². The molecule has 10 heteroatoms. The Morgan fingerprint density at radius 1 is 0.680 bits per heavy atom. The van der Waals surface area contributed by atoms with E-state index in [4.69, 9.17) is 0 Å². The summed E-state index contributed by atoms with van der Waals surface area (Å²) >= 11 is 1.64. The van der Waals surface area contributed by atoms with Gasteiger partial charge >= 0.3 is 11.9 Å². The smallest absolute Gasteiger partial charge is 0.339 e. The van der Waals surface area contributed by atoms with Crippen LogP contribution in [-0.2, 0) is 20.7 Å². The first-order valence-corrected chi connectivity index (χ1v) is 18.2. The Bertz CT molecular complexity index is 2310. The summed E-state index contributed by atoms with van der Waals surface area (Å²) in [6, 6.07) is 20.3. The number of fused-ring (bicyclic) bond motifs is 2. The number of hydrogen-bond acceptors (Lipinski definition) is 7. The van der Waals surface area contributed by atoms with E-state index < -0.39 is 27.2 Å². The van der Waals surface area contributed by atoms with Crippen LogP contribution >= 0.6 is 11.3 Å². The number of carboxylic acids is 2. The molecule has 1 aliphatic heterocycles. The number of aromatic carboxylic acids is 2. The quantitative estimate of drug-likeness (QED) is 0.144. The second kappa shape index (κ2) is 12.8. The molecular formula is C40H40O8S2. The number of phenols is 2. The fourth-order valence-corrected chi connectivity index (χ4v) is 9.09. The van der Waals surface area contributed by atoms with E-state index in [0.717, 1.165) is 20.5 Å². The number of hydrogen-bond donors (Lipinski definition) is 4. The first-order chi connectivity index (χ1) is 23.2. The van der Waals surface area contributed by atoms with E-state index in [9.17, 15) is 38.4 Å². The van der Waals surface area contributed by atoms with Crippen molar-refractivity contribution in [3.8, 4) is 21.9 Å². The van der Waals surface area contributed by atoms with E-state index in [2.05, 4.69) is 12.1 Å². The summed E-state index contributed by atoms with van der Waals surface area (Å²) in [4.78, 5) is 24.7. The van der Waals surface area contributed by atoms with E-state index in [1.54, 1.807) is 48.6 Å². The monoisotopic (exact) mass is 712 g/mol. The number of benzene rings is 4. The van der Waals surface area contributed by atoms with Gasteiger partial charge in [-0.1, -0.05) is 77.9 Å². The van der Waals surface area contributed by atoms with Crippen LogP contribution in [0.1, 0.15) is 95.6 Å². The Balaban J connectivity index is 0.000000195. The van der Waals surface area contributed by atoms with Crippen molar-refractivity contribution in [1.29, 1.82) is 0 Å². The molecule has 8 nitrogen and oxygen atoms in total. The molecule has 0 bridgehead atoms. The van der Waals surface area contributed by atoms with Crippen LogP contribution in [0.5, 0.6) is 11.5 Å². The number of rotatable bonds is 4. The van der Waals surface area contributed by atoms with Crippen molar-refractivity contribution in [1.82, 2.24) is 0 Å². The summed E-state index contributed by atoms with van der Waals surface area (Å²) in [5, 5.41) is 41.3. The predicted octanol–water partition coefficient (Wildman–Crippen LogP) is 9.56. The first kappa shape index (κ1) is 36.4. The van der Waals surface area contributed by atoms with Crippen LogP contribution in [0, 0.1) is 13.8 Å². The molecule has 0 spiro atoms. The Labute approximate surface area is 295 Å². The summed E-state index contributed by atoms with van der Waals surface area (Å²) in [6.45, 7) is 14.7. The lowest BCUT2D eigenvalue weighted by atomic mass is 9.82. The minimum atomic E-state index is -3.75. The van der Waals surface area contributed by atoms with Gasteiger partial charge in [0.1, 0.15) is 22.6 Å². The van der Waals surface area contributed by atoms with Gasteiger partial charge in [0.15, 0.2) is 0 Å². The molecule has 4 N–H and O–H groups in total. The van der Waals surface area contributed by atoms with Gasteiger partial charge in [0.25, 0.3) is 0 Å².